The minimum Gasteiger partial charge on any atom is -0.337 e. The summed E-state index contributed by atoms with van der Waals surface area (Å²) in [6.07, 6.45) is 14.3. The maximum absolute atomic E-state index is 11.8. The summed E-state index contributed by atoms with van der Waals surface area (Å²) in [6.45, 7) is 0.612. The van der Waals surface area contributed by atoms with E-state index >= 15 is 0 Å². The number of carbonyl (C=O) groups excluding carboxylic acids is 2. The third-order valence-electron chi connectivity index (χ3n) is 4.37. The Bertz CT molecular complexity index is 403. The zero-order valence-corrected chi connectivity index (χ0v) is 14.2. The molecule has 3 amide bonds. The van der Waals surface area contributed by atoms with Crippen molar-refractivity contribution in [2.45, 2.75) is 69.5 Å². The summed E-state index contributed by atoms with van der Waals surface area (Å²) in [7, 11) is 0. The fourth-order valence-corrected chi connectivity index (χ4v) is 4.23. The number of amides is 3. The summed E-state index contributed by atoms with van der Waals surface area (Å²) in [6, 6.07) is -0.356. The number of hydrogen-bond donors (Lipinski definition) is 2. The van der Waals surface area contributed by atoms with E-state index in [9.17, 15) is 9.59 Å². The first-order valence-electron chi connectivity index (χ1n) is 8.61. The summed E-state index contributed by atoms with van der Waals surface area (Å²) in [5, 5.41) is 5.80. The zero-order valence-electron chi connectivity index (χ0n) is 13.4. The van der Waals surface area contributed by atoms with Gasteiger partial charge in [0.1, 0.15) is 0 Å². The summed E-state index contributed by atoms with van der Waals surface area (Å²) in [4.78, 5) is 23.4. The molecule has 22 heavy (non-hydrogen) atoms. The highest BCUT2D eigenvalue weighted by Gasteiger charge is 2.16. The molecular formula is C17H28N2O2S. The molecule has 0 spiro atoms. The molecule has 0 atom stereocenters. The van der Waals surface area contributed by atoms with Crippen molar-refractivity contribution < 1.29 is 9.59 Å². The van der Waals surface area contributed by atoms with Gasteiger partial charge in [0.2, 0.25) is 5.91 Å². The third kappa shape index (κ3) is 6.86. The van der Waals surface area contributed by atoms with Crippen molar-refractivity contribution in [2.75, 3.05) is 12.3 Å². The molecule has 1 fully saturated rings. The molecule has 5 heteroatoms. The van der Waals surface area contributed by atoms with Gasteiger partial charge in [-0.25, -0.2) is 4.79 Å². The molecule has 4 nitrogen and oxygen atoms in total. The van der Waals surface area contributed by atoms with Crippen LogP contribution in [0.2, 0.25) is 0 Å². The standard InChI is InChI=1S/C17H28N2O2S/c20-16(13-22-15-9-5-2-6-10-15)19-17(21)18-12-11-14-7-3-1-4-8-14/h7,15H,1-6,8-13H2,(H2,18,19,20,21). The monoisotopic (exact) mass is 324 g/mol. The number of urea groups is 1. The Kier molecular flexibility index (Phi) is 7.85. The molecule has 124 valence electrons. The Hall–Kier alpha value is -0.970. The fourth-order valence-electron chi connectivity index (χ4n) is 3.10. The van der Waals surface area contributed by atoms with Crippen molar-refractivity contribution in [1.82, 2.24) is 10.6 Å². The lowest BCUT2D eigenvalue weighted by atomic mass is 9.97. The minimum absolute atomic E-state index is 0.176. The van der Waals surface area contributed by atoms with E-state index in [0.29, 0.717) is 17.5 Å². The number of hydrogen-bond acceptors (Lipinski definition) is 3. The van der Waals surface area contributed by atoms with E-state index in [0.717, 1.165) is 12.8 Å². The van der Waals surface area contributed by atoms with Crippen LogP contribution >= 0.6 is 11.8 Å². The molecule has 0 aromatic heterocycles. The van der Waals surface area contributed by atoms with Gasteiger partial charge in [0.25, 0.3) is 0 Å². The number of rotatable bonds is 6. The van der Waals surface area contributed by atoms with Crippen LogP contribution in [-0.4, -0.2) is 29.5 Å². The van der Waals surface area contributed by atoms with Gasteiger partial charge < -0.3 is 5.32 Å². The molecule has 0 unspecified atom stereocenters. The van der Waals surface area contributed by atoms with E-state index in [4.69, 9.17) is 0 Å². The maximum Gasteiger partial charge on any atom is 0.321 e. The van der Waals surface area contributed by atoms with E-state index in [1.54, 1.807) is 11.8 Å². The first-order valence-corrected chi connectivity index (χ1v) is 9.66. The summed E-state index contributed by atoms with van der Waals surface area (Å²) in [5.74, 6) is 0.216. The molecule has 2 rings (SSSR count). The van der Waals surface area contributed by atoms with Crippen molar-refractivity contribution >= 4 is 23.7 Å². The molecule has 0 saturated heterocycles. The Labute approximate surface area is 137 Å². The molecule has 0 bridgehead atoms. The minimum atomic E-state index is -0.356. The topological polar surface area (TPSA) is 58.2 Å². The van der Waals surface area contributed by atoms with Crippen molar-refractivity contribution in [3.05, 3.63) is 11.6 Å². The van der Waals surface area contributed by atoms with Crippen LogP contribution in [0.1, 0.15) is 64.2 Å². The molecule has 2 aliphatic carbocycles. The summed E-state index contributed by atoms with van der Waals surface area (Å²) in [5.41, 5.74) is 1.44. The average Bonchev–Trinajstić information content (AvgIpc) is 2.55. The lowest BCUT2D eigenvalue weighted by molar-refractivity contribution is -0.117. The second-order valence-corrected chi connectivity index (χ2v) is 7.52. The van der Waals surface area contributed by atoms with E-state index in [1.807, 2.05) is 0 Å². The van der Waals surface area contributed by atoms with Crippen LogP contribution in [0.3, 0.4) is 0 Å². The number of thioether (sulfide) groups is 1. The van der Waals surface area contributed by atoms with Gasteiger partial charge in [-0.1, -0.05) is 30.9 Å². The van der Waals surface area contributed by atoms with Crippen LogP contribution in [0, 0.1) is 0 Å². The van der Waals surface area contributed by atoms with E-state index < -0.39 is 0 Å². The van der Waals surface area contributed by atoms with Gasteiger partial charge in [-0.05, 0) is 44.9 Å². The molecule has 0 aliphatic heterocycles. The quantitative estimate of drug-likeness (QED) is 0.731. The SMILES string of the molecule is O=C(CSC1CCCCC1)NC(=O)NCCC1=CCCCC1. The highest BCUT2D eigenvalue weighted by molar-refractivity contribution is 8.00. The van der Waals surface area contributed by atoms with E-state index in [-0.39, 0.29) is 11.9 Å². The van der Waals surface area contributed by atoms with Crippen LogP contribution in [0.15, 0.2) is 11.6 Å². The third-order valence-corrected chi connectivity index (χ3v) is 5.74. The van der Waals surface area contributed by atoms with Gasteiger partial charge in [0.05, 0.1) is 5.75 Å². The Morgan fingerprint density at radius 3 is 2.68 bits per heavy atom. The first kappa shape index (κ1) is 17.4. The molecular weight excluding hydrogens is 296 g/mol. The highest BCUT2D eigenvalue weighted by atomic mass is 32.2. The van der Waals surface area contributed by atoms with Gasteiger partial charge in [-0.3, -0.25) is 10.1 Å². The second-order valence-electron chi connectivity index (χ2n) is 6.23. The van der Waals surface area contributed by atoms with Crippen LogP contribution in [0.4, 0.5) is 4.79 Å². The Morgan fingerprint density at radius 2 is 1.95 bits per heavy atom. The average molecular weight is 324 g/mol. The number of nitrogens with one attached hydrogen (secondary N) is 2. The highest BCUT2D eigenvalue weighted by Crippen LogP contribution is 2.27. The molecule has 0 radical (unpaired) electrons. The van der Waals surface area contributed by atoms with Crippen LogP contribution in [0.25, 0.3) is 0 Å². The summed E-state index contributed by atoms with van der Waals surface area (Å²) >= 11 is 1.69. The van der Waals surface area contributed by atoms with Crippen LogP contribution in [0.5, 0.6) is 0 Å². The molecule has 0 aromatic carbocycles. The van der Waals surface area contributed by atoms with Gasteiger partial charge in [0.15, 0.2) is 0 Å². The number of imide groups is 1. The van der Waals surface area contributed by atoms with Gasteiger partial charge in [-0.15, -0.1) is 11.8 Å². The van der Waals surface area contributed by atoms with E-state index in [2.05, 4.69) is 16.7 Å². The predicted molar refractivity (Wildman–Crippen MR) is 92.0 cm³/mol. The first-order chi connectivity index (χ1) is 10.7. The van der Waals surface area contributed by atoms with Crippen molar-refractivity contribution in [1.29, 1.82) is 0 Å². The lowest BCUT2D eigenvalue weighted by Crippen LogP contribution is -2.41. The molecule has 2 aliphatic rings. The Balaban J connectivity index is 1.53. The van der Waals surface area contributed by atoms with Crippen LogP contribution < -0.4 is 10.6 Å². The van der Waals surface area contributed by atoms with Gasteiger partial charge in [0, 0.05) is 11.8 Å². The van der Waals surface area contributed by atoms with Crippen LogP contribution in [-0.2, 0) is 4.79 Å². The fraction of sp³-hybridized carbons (Fsp3) is 0.765. The van der Waals surface area contributed by atoms with Gasteiger partial charge >= 0.3 is 6.03 Å². The van der Waals surface area contributed by atoms with E-state index in [1.165, 1.54) is 56.9 Å². The second kappa shape index (κ2) is 9.93. The summed E-state index contributed by atoms with van der Waals surface area (Å²) < 4.78 is 0. The lowest BCUT2D eigenvalue weighted by Gasteiger charge is -2.20. The smallest absolute Gasteiger partial charge is 0.321 e. The predicted octanol–water partition coefficient (Wildman–Crippen LogP) is 3.77. The normalized spacial score (nSPS) is 19.4. The Morgan fingerprint density at radius 1 is 1.14 bits per heavy atom. The van der Waals surface area contributed by atoms with Gasteiger partial charge in [-0.2, -0.15) is 0 Å². The number of allylic oxidation sites excluding steroid dienone is 1. The zero-order chi connectivity index (χ0) is 15.6. The largest absolute Gasteiger partial charge is 0.337 e. The molecule has 0 aromatic rings. The molecule has 1 saturated carbocycles. The van der Waals surface area contributed by atoms with Crippen molar-refractivity contribution in [3.63, 3.8) is 0 Å². The number of carbonyl (C=O) groups is 2. The van der Waals surface area contributed by atoms with Crippen molar-refractivity contribution in [2.24, 2.45) is 0 Å². The maximum atomic E-state index is 11.8. The molecule has 0 heterocycles. The molecule has 2 N–H and O–H groups in total. The van der Waals surface area contributed by atoms with Crippen molar-refractivity contribution in [3.8, 4) is 0 Å².